The van der Waals surface area contributed by atoms with Crippen molar-refractivity contribution in [3.63, 3.8) is 0 Å². The van der Waals surface area contributed by atoms with E-state index in [1.54, 1.807) is 0 Å². The number of rotatable bonds is 5. The maximum Gasteiger partial charge on any atom is 0.188 e. The third-order valence-electron chi connectivity index (χ3n) is 3.46. The summed E-state index contributed by atoms with van der Waals surface area (Å²) in [5.41, 5.74) is 5.77. The number of halogens is 1. The van der Waals surface area contributed by atoms with E-state index in [1.807, 2.05) is 0 Å². The minimum absolute atomic E-state index is 0. The van der Waals surface area contributed by atoms with Gasteiger partial charge in [0.15, 0.2) is 5.96 Å². The highest BCUT2D eigenvalue weighted by atomic mass is 127. The van der Waals surface area contributed by atoms with Crippen molar-refractivity contribution < 1.29 is 0 Å². The lowest BCUT2D eigenvalue weighted by atomic mass is 10.1. The summed E-state index contributed by atoms with van der Waals surface area (Å²) in [6.07, 6.45) is 5.21. The Morgan fingerprint density at radius 2 is 2.18 bits per heavy atom. The Balaban J connectivity index is 0.00000144. The first kappa shape index (κ1) is 15.0. The van der Waals surface area contributed by atoms with Crippen LogP contribution in [0.4, 0.5) is 0 Å². The summed E-state index contributed by atoms with van der Waals surface area (Å²) in [5, 5.41) is 3.12. The average molecular weight is 352 g/mol. The van der Waals surface area contributed by atoms with Gasteiger partial charge in [-0.3, -0.25) is 4.99 Å². The molecule has 1 aliphatic carbocycles. The molecule has 0 aromatic heterocycles. The van der Waals surface area contributed by atoms with Crippen LogP contribution in [0.25, 0.3) is 0 Å². The summed E-state index contributed by atoms with van der Waals surface area (Å²) in [4.78, 5) is 7.04. The first-order valence-electron chi connectivity index (χ1n) is 6.57. The summed E-state index contributed by atoms with van der Waals surface area (Å²) in [5.74, 6) is 1.34. The van der Waals surface area contributed by atoms with Crippen LogP contribution in [0.1, 0.15) is 32.6 Å². The molecule has 0 spiro atoms. The monoisotopic (exact) mass is 352 g/mol. The van der Waals surface area contributed by atoms with Crippen molar-refractivity contribution >= 4 is 29.9 Å². The van der Waals surface area contributed by atoms with Gasteiger partial charge in [0, 0.05) is 25.7 Å². The molecule has 0 radical (unpaired) electrons. The first-order chi connectivity index (χ1) is 7.79. The minimum Gasteiger partial charge on any atom is -0.370 e. The van der Waals surface area contributed by atoms with Crippen molar-refractivity contribution in [1.29, 1.82) is 0 Å². The zero-order chi connectivity index (χ0) is 11.4. The van der Waals surface area contributed by atoms with Crippen LogP contribution < -0.4 is 11.1 Å². The maximum absolute atomic E-state index is 5.77. The second-order valence-electron chi connectivity index (χ2n) is 5.03. The van der Waals surface area contributed by atoms with Gasteiger partial charge in [-0.25, -0.2) is 0 Å². The van der Waals surface area contributed by atoms with Gasteiger partial charge in [0.25, 0.3) is 0 Å². The van der Waals surface area contributed by atoms with Gasteiger partial charge in [-0.2, -0.15) is 0 Å². The van der Waals surface area contributed by atoms with E-state index in [2.05, 4.69) is 22.1 Å². The fourth-order valence-electron chi connectivity index (χ4n) is 2.32. The number of aliphatic imine (C=N–C) groups is 1. The Morgan fingerprint density at radius 1 is 1.41 bits per heavy atom. The van der Waals surface area contributed by atoms with Crippen LogP contribution in [0.5, 0.6) is 0 Å². The molecule has 1 saturated heterocycles. The number of hydrogen-bond acceptors (Lipinski definition) is 2. The quantitative estimate of drug-likeness (QED) is 0.447. The van der Waals surface area contributed by atoms with Crippen molar-refractivity contribution in [2.24, 2.45) is 16.6 Å². The normalized spacial score (nSPS) is 25.7. The predicted octanol–water partition coefficient (Wildman–Crippen LogP) is 1.40. The van der Waals surface area contributed by atoms with E-state index in [0.717, 1.165) is 31.5 Å². The number of nitrogens with zero attached hydrogens (tertiary/aromatic N) is 2. The molecule has 1 saturated carbocycles. The van der Waals surface area contributed by atoms with Gasteiger partial charge in [-0.05, 0) is 38.1 Å². The number of likely N-dealkylation sites (tertiary alicyclic amines) is 1. The number of nitrogens with one attached hydrogen (secondary N) is 1. The fraction of sp³-hybridized carbons (Fsp3) is 0.917. The van der Waals surface area contributed by atoms with Crippen LogP contribution in [0.3, 0.4) is 0 Å². The first-order valence-corrected chi connectivity index (χ1v) is 6.57. The van der Waals surface area contributed by atoms with Gasteiger partial charge in [-0.1, -0.05) is 6.92 Å². The highest BCUT2D eigenvalue weighted by Crippen LogP contribution is 2.31. The third kappa shape index (κ3) is 4.99. The Morgan fingerprint density at radius 3 is 2.82 bits per heavy atom. The smallest absolute Gasteiger partial charge is 0.188 e. The summed E-state index contributed by atoms with van der Waals surface area (Å²) >= 11 is 0. The molecule has 0 bridgehead atoms. The Bertz CT molecular complexity index is 253. The lowest BCUT2D eigenvalue weighted by Gasteiger charge is -2.13. The zero-order valence-corrected chi connectivity index (χ0v) is 13.0. The zero-order valence-electron chi connectivity index (χ0n) is 10.7. The molecule has 5 heteroatoms. The summed E-state index contributed by atoms with van der Waals surface area (Å²) in [6, 6.07) is 0.907. The van der Waals surface area contributed by atoms with Gasteiger partial charge in [0.05, 0.1) is 0 Å². The molecule has 1 atom stereocenters. The lowest BCUT2D eigenvalue weighted by molar-refractivity contribution is 0.315. The van der Waals surface area contributed by atoms with Crippen LogP contribution in [0.2, 0.25) is 0 Å². The van der Waals surface area contributed by atoms with Crippen molar-refractivity contribution in [2.45, 2.75) is 38.6 Å². The van der Waals surface area contributed by atoms with Crippen LogP contribution in [-0.2, 0) is 0 Å². The molecule has 1 aliphatic heterocycles. The van der Waals surface area contributed by atoms with E-state index in [9.17, 15) is 0 Å². The molecular formula is C12H25IN4. The maximum atomic E-state index is 5.77. The van der Waals surface area contributed by atoms with Crippen LogP contribution in [-0.4, -0.2) is 43.1 Å². The average Bonchev–Trinajstić information content (AvgIpc) is 3.03. The van der Waals surface area contributed by atoms with Crippen LogP contribution in [0, 0.1) is 5.92 Å². The predicted molar refractivity (Wildman–Crippen MR) is 82.9 cm³/mol. The van der Waals surface area contributed by atoms with E-state index in [0.29, 0.717) is 5.96 Å². The molecule has 0 aromatic carbocycles. The van der Waals surface area contributed by atoms with Gasteiger partial charge in [0.2, 0.25) is 0 Å². The molecule has 2 rings (SSSR count). The fourth-order valence-corrected chi connectivity index (χ4v) is 2.32. The number of nitrogens with two attached hydrogens (primary N) is 1. The van der Waals surface area contributed by atoms with Crippen LogP contribution in [0.15, 0.2) is 4.99 Å². The third-order valence-corrected chi connectivity index (χ3v) is 3.46. The van der Waals surface area contributed by atoms with E-state index in [-0.39, 0.29) is 24.0 Å². The lowest BCUT2D eigenvalue weighted by Crippen LogP contribution is -2.33. The van der Waals surface area contributed by atoms with Gasteiger partial charge in [0.1, 0.15) is 0 Å². The van der Waals surface area contributed by atoms with E-state index >= 15 is 0 Å². The highest BCUT2D eigenvalue weighted by Gasteiger charge is 2.34. The van der Waals surface area contributed by atoms with Crippen LogP contribution >= 0.6 is 24.0 Å². The molecule has 100 valence electrons. The van der Waals surface area contributed by atoms with E-state index in [4.69, 9.17) is 5.73 Å². The topological polar surface area (TPSA) is 53.6 Å². The minimum atomic E-state index is 0. The van der Waals surface area contributed by atoms with Gasteiger partial charge < -0.3 is 16.0 Å². The molecule has 0 amide bonds. The van der Waals surface area contributed by atoms with Crippen molar-refractivity contribution in [3.8, 4) is 0 Å². The molecule has 2 aliphatic rings. The number of guanidine groups is 1. The molecular weight excluding hydrogens is 327 g/mol. The summed E-state index contributed by atoms with van der Waals surface area (Å²) < 4.78 is 0. The Hall–Kier alpha value is -0.0400. The second kappa shape index (κ2) is 7.41. The summed E-state index contributed by atoms with van der Waals surface area (Å²) in [6.45, 7) is 6.45. The summed E-state index contributed by atoms with van der Waals surface area (Å²) in [7, 11) is 0. The van der Waals surface area contributed by atoms with Crippen molar-refractivity contribution in [2.75, 3.05) is 26.2 Å². The molecule has 3 N–H and O–H groups in total. The van der Waals surface area contributed by atoms with E-state index in [1.165, 1.54) is 32.4 Å². The molecule has 4 nitrogen and oxygen atoms in total. The molecule has 2 fully saturated rings. The highest BCUT2D eigenvalue weighted by molar-refractivity contribution is 14.0. The van der Waals surface area contributed by atoms with E-state index < -0.39 is 0 Å². The standard InChI is InChI=1S/C12H24N4.HI/c1-2-6-14-12(13)15-8-10-5-7-16(9-10)11-3-4-11;/h10-11H,2-9H2,1H3,(H3,13,14,15);1H. The molecule has 1 unspecified atom stereocenters. The van der Waals surface area contributed by atoms with Gasteiger partial charge >= 0.3 is 0 Å². The van der Waals surface area contributed by atoms with Crippen molar-refractivity contribution in [1.82, 2.24) is 10.2 Å². The Labute approximate surface area is 121 Å². The molecule has 0 aromatic rings. The Kier molecular flexibility index (Phi) is 6.54. The SMILES string of the molecule is CCCNC(N)=NCC1CCN(C2CC2)C1.I. The molecule has 17 heavy (non-hydrogen) atoms. The molecule has 1 heterocycles. The number of hydrogen-bond donors (Lipinski definition) is 2. The largest absolute Gasteiger partial charge is 0.370 e. The van der Waals surface area contributed by atoms with Crippen molar-refractivity contribution in [3.05, 3.63) is 0 Å². The van der Waals surface area contributed by atoms with Gasteiger partial charge in [-0.15, -0.1) is 24.0 Å². The second-order valence-corrected chi connectivity index (χ2v) is 5.03.